The molecule has 1 aromatic rings. The van der Waals surface area contributed by atoms with E-state index in [-0.39, 0.29) is 6.42 Å². The summed E-state index contributed by atoms with van der Waals surface area (Å²) in [5, 5.41) is 8.76. The summed E-state index contributed by atoms with van der Waals surface area (Å²) in [5.41, 5.74) is 6.61. The zero-order chi connectivity index (χ0) is 16.0. The molecule has 21 heavy (non-hydrogen) atoms. The lowest BCUT2D eigenvalue weighted by Gasteiger charge is -2.19. The summed E-state index contributed by atoms with van der Waals surface area (Å²) >= 11 is 0. The molecule has 0 aliphatic heterocycles. The average Bonchev–Trinajstić information content (AvgIpc) is 2.39. The molecule has 3 N–H and O–H groups in total. The third kappa shape index (κ3) is 5.13. The lowest BCUT2D eigenvalue weighted by Crippen LogP contribution is -2.42. The van der Waals surface area contributed by atoms with Gasteiger partial charge in [-0.05, 0) is 24.1 Å². The Kier molecular flexibility index (Phi) is 5.71. The van der Waals surface area contributed by atoms with Crippen LogP contribution in [0.3, 0.4) is 0 Å². The van der Waals surface area contributed by atoms with Crippen molar-refractivity contribution in [1.82, 2.24) is 4.90 Å². The molecule has 0 saturated heterocycles. The first-order valence-electron chi connectivity index (χ1n) is 6.25. The van der Waals surface area contributed by atoms with E-state index in [0.29, 0.717) is 11.3 Å². The number of rotatable bonds is 7. The summed E-state index contributed by atoms with van der Waals surface area (Å²) < 4.78 is 5.16. The molecular formula is C14H18N2O5. The second-order valence-electron chi connectivity index (χ2n) is 4.59. The monoisotopic (exact) mass is 294 g/mol. The Balaban J connectivity index is 2.85. The van der Waals surface area contributed by atoms with Crippen molar-refractivity contribution in [2.24, 2.45) is 5.73 Å². The number of aliphatic carboxylic acids is 1. The van der Waals surface area contributed by atoms with Crippen molar-refractivity contribution < 1.29 is 24.2 Å². The largest absolute Gasteiger partial charge is 0.496 e. The van der Waals surface area contributed by atoms with Crippen LogP contribution in [-0.2, 0) is 20.8 Å². The van der Waals surface area contributed by atoms with E-state index in [4.69, 9.17) is 15.6 Å². The van der Waals surface area contributed by atoms with Gasteiger partial charge in [-0.2, -0.15) is 0 Å². The van der Waals surface area contributed by atoms with Crippen LogP contribution in [0.25, 0.3) is 0 Å². The first kappa shape index (κ1) is 16.5. The fourth-order valence-corrected chi connectivity index (χ4v) is 1.84. The van der Waals surface area contributed by atoms with Crippen molar-refractivity contribution in [2.45, 2.75) is 13.3 Å². The van der Waals surface area contributed by atoms with Crippen LogP contribution in [0.4, 0.5) is 0 Å². The summed E-state index contributed by atoms with van der Waals surface area (Å²) in [6, 6.07) is 5.26. The molecule has 0 radical (unpaired) electrons. The minimum Gasteiger partial charge on any atom is -0.496 e. The molecule has 0 aliphatic carbocycles. The highest BCUT2D eigenvalue weighted by Gasteiger charge is 2.19. The molecule has 0 bridgehead atoms. The van der Waals surface area contributed by atoms with Gasteiger partial charge < -0.3 is 20.5 Å². The quantitative estimate of drug-likeness (QED) is 0.732. The normalized spacial score (nSPS) is 10.0. The molecule has 0 spiro atoms. The first-order chi connectivity index (χ1) is 9.83. The van der Waals surface area contributed by atoms with Crippen LogP contribution in [-0.4, -0.2) is 48.0 Å². The number of hydrogen-bond acceptors (Lipinski definition) is 4. The molecule has 0 atom stereocenters. The predicted octanol–water partition coefficient (Wildman–Crippen LogP) is -0.0554. The summed E-state index contributed by atoms with van der Waals surface area (Å²) in [5.74, 6) is -1.81. The molecule has 0 heterocycles. The molecule has 1 rings (SSSR count). The standard InChI is InChI=1S/C14H18N2O5/c1-9-3-4-10(5-11(9)21-2)6-13(18)16(7-12(15)17)8-14(19)20/h3-5H,6-8H2,1-2H3,(H2,15,17)(H,19,20). The van der Waals surface area contributed by atoms with Gasteiger partial charge in [-0.25, -0.2) is 0 Å². The SMILES string of the molecule is COc1cc(CC(=O)N(CC(N)=O)CC(=O)O)ccc1C. The van der Waals surface area contributed by atoms with E-state index in [1.807, 2.05) is 6.92 Å². The van der Waals surface area contributed by atoms with Gasteiger partial charge >= 0.3 is 5.97 Å². The number of nitrogens with two attached hydrogens (primary N) is 1. The van der Waals surface area contributed by atoms with E-state index in [1.54, 1.807) is 18.2 Å². The topological polar surface area (TPSA) is 110 Å². The predicted molar refractivity (Wildman–Crippen MR) is 74.8 cm³/mol. The average molecular weight is 294 g/mol. The molecule has 7 nitrogen and oxygen atoms in total. The molecule has 1 aromatic carbocycles. The van der Waals surface area contributed by atoms with E-state index in [2.05, 4.69) is 0 Å². The molecule has 0 aliphatic rings. The second-order valence-corrected chi connectivity index (χ2v) is 4.59. The number of carboxylic acids is 1. The number of nitrogens with zero attached hydrogens (tertiary/aromatic N) is 1. The molecular weight excluding hydrogens is 276 g/mol. The van der Waals surface area contributed by atoms with Crippen molar-refractivity contribution in [3.63, 3.8) is 0 Å². The highest BCUT2D eigenvalue weighted by molar-refractivity contribution is 5.87. The molecule has 0 unspecified atom stereocenters. The zero-order valence-corrected chi connectivity index (χ0v) is 12.0. The summed E-state index contributed by atoms with van der Waals surface area (Å²) in [6.45, 7) is 0.882. The van der Waals surface area contributed by atoms with Gasteiger partial charge in [0.25, 0.3) is 0 Å². The van der Waals surface area contributed by atoms with Gasteiger partial charge in [0.15, 0.2) is 0 Å². The van der Waals surface area contributed by atoms with Gasteiger partial charge in [0.1, 0.15) is 12.3 Å². The summed E-state index contributed by atoms with van der Waals surface area (Å²) in [6.07, 6.45) is -0.0306. The number of methoxy groups -OCH3 is 1. The molecule has 7 heteroatoms. The molecule has 2 amide bonds. The van der Waals surface area contributed by atoms with Crippen LogP contribution in [0, 0.1) is 6.92 Å². The Hall–Kier alpha value is -2.57. The van der Waals surface area contributed by atoms with Crippen LogP contribution in [0.2, 0.25) is 0 Å². The minimum atomic E-state index is -1.20. The lowest BCUT2D eigenvalue weighted by atomic mass is 10.1. The van der Waals surface area contributed by atoms with Gasteiger partial charge in [-0.1, -0.05) is 12.1 Å². The fourth-order valence-electron chi connectivity index (χ4n) is 1.84. The van der Waals surface area contributed by atoms with E-state index in [9.17, 15) is 14.4 Å². The Morgan fingerprint density at radius 2 is 1.95 bits per heavy atom. The molecule has 0 fully saturated rings. The Morgan fingerprint density at radius 3 is 2.48 bits per heavy atom. The highest BCUT2D eigenvalue weighted by Crippen LogP contribution is 2.19. The second kappa shape index (κ2) is 7.28. The molecule has 114 valence electrons. The van der Waals surface area contributed by atoms with E-state index in [1.165, 1.54) is 7.11 Å². The zero-order valence-electron chi connectivity index (χ0n) is 12.0. The van der Waals surface area contributed by atoms with Crippen molar-refractivity contribution >= 4 is 17.8 Å². The maximum atomic E-state index is 12.1. The van der Waals surface area contributed by atoms with Crippen molar-refractivity contribution in [2.75, 3.05) is 20.2 Å². The van der Waals surface area contributed by atoms with Crippen molar-refractivity contribution in [3.8, 4) is 5.75 Å². The number of carbonyl (C=O) groups is 3. The van der Waals surface area contributed by atoms with Crippen LogP contribution in [0.1, 0.15) is 11.1 Å². The number of carboxylic acid groups (broad SMARTS) is 1. The lowest BCUT2D eigenvalue weighted by molar-refractivity contribution is -0.145. The van der Waals surface area contributed by atoms with E-state index < -0.39 is 30.9 Å². The summed E-state index contributed by atoms with van der Waals surface area (Å²) in [4.78, 5) is 34.6. The number of benzene rings is 1. The van der Waals surface area contributed by atoms with E-state index >= 15 is 0 Å². The van der Waals surface area contributed by atoms with Crippen molar-refractivity contribution in [1.29, 1.82) is 0 Å². The molecule has 0 aromatic heterocycles. The first-order valence-corrected chi connectivity index (χ1v) is 6.25. The van der Waals surface area contributed by atoms with Gasteiger partial charge in [0.05, 0.1) is 20.1 Å². The Morgan fingerprint density at radius 1 is 1.29 bits per heavy atom. The number of carbonyl (C=O) groups excluding carboxylic acids is 2. The third-order valence-electron chi connectivity index (χ3n) is 2.85. The number of aryl methyl sites for hydroxylation is 1. The third-order valence-corrected chi connectivity index (χ3v) is 2.85. The van der Waals surface area contributed by atoms with Gasteiger partial charge in [-0.15, -0.1) is 0 Å². The summed E-state index contributed by atoms with van der Waals surface area (Å²) in [7, 11) is 1.53. The number of amides is 2. The van der Waals surface area contributed by atoms with Gasteiger partial charge in [-0.3, -0.25) is 14.4 Å². The van der Waals surface area contributed by atoms with Crippen LogP contribution in [0.15, 0.2) is 18.2 Å². The van der Waals surface area contributed by atoms with Gasteiger partial charge in [0, 0.05) is 0 Å². The number of hydrogen-bond donors (Lipinski definition) is 2. The van der Waals surface area contributed by atoms with Crippen LogP contribution >= 0.6 is 0 Å². The maximum Gasteiger partial charge on any atom is 0.323 e. The highest BCUT2D eigenvalue weighted by atomic mass is 16.5. The van der Waals surface area contributed by atoms with E-state index in [0.717, 1.165) is 10.5 Å². The number of primary amides is 1. The van der Waals surface area contributed by atoms with Gasteiger partial charge in [0.2, 0.25) is 11.8 Å². The molecule has 0 saturated carbocycles. The van der Waals surface area contributed by atoms with Crippen LogP contribution in [0.5, 0.6) is 5.75 Å². The van der Waals surface area contributed by atoms with Crippen LogP contribution < -0.4 is 10.5 Å². The Bertz CT molecular complexity index is 540. The maximum absolute atomic E-state index is 12.1. The Labute approximate surface area is 122 Å². The fraction of sp³-hybridized carbons (Fsp3) is 0.357. The van der Waals surface area contributed by atoms with Crippen molar-refractivity contribution in [3.05, 3.63) is 29.3 Å². The minimum absolute atomic E-state index is 0.0306. The number of ether oxygens (including phenoxy) is 1. The smallest absolute Gasteiger partial charge is 0.323 e.